The molecule has 0 unspecified atom stereocenters. The molecule has 3 nitrogen and oxygen atoms in total. The largest absolute Gasteiger partial charge is 0.481 e. The Balaban J connectivity index is -0.000000142. The van der Waals surface area contributed by atoms with E-state index in [1.54, 1.807) is 13.8 Å². The molecule has 0 saturated heterocycles. The number of carboxylic acid groups (broad SMARTS) is 1. The van der Waals surface area contributed by atoms with Gasteiger partial charge in [0.05, 0.1) is 0 Å². The molecule has 0 aromatic rings. The summed E-state index contributed by atoms with van der Waals surface area (Å²) in [5, 5.41) is 16.1. The first kappa shape index (κ1) is 18.0. The maximum absolute atomic E-state index is 9.76. The van der Waals surface area contributed by atoms with Crippen LogP contribution in [0.4, 0.5) is 0 Å². The second-order valence-electron chi connectivity index (χ2n) is 2.59. The third kappa shape index (κ3) is 49.4. The van der Waals surface area contributed by atoms with Gasteiger partial charge in [0, 0.05) is 34.2 Å². The summed E-state index contributed by atoms with van der Waals surface area (Å²) in [7, 11) is 0. The molecule has 0 aromatic carbocycles. The zero-order valence-electron chi connectivity index (χ0n) is 8.00. The fraction of sp³-hybridized carbons (Fsp3) is 0.875. The molecule has 0 saturated carbocycles. The third-order valence-electron chi connectivity index (χ3n) is 0.744. The third-order valence-corrected chi connectivity index (χ3v) is 0.744. The molecule has 0 aliphatic heterocycles. The molecule has 0 aliphatic rings. The van der Waals surface area contributed by atoms with Gasteiger partial charge in [-0.25, -0.2) is 0 Å². The van der Waals surface area contributed by atoms with Crippen LogP contribution in [0.25, 0.3) is 0 Å². The Kier molecular flexibility index (Phi) is 20.6. The van der Waals surface area contributed by atoms with Crippen molar-refractivity contribution in [1.82, 2.24) is 0 Å². The van der Waals surface area contributed by atoms with Crippen molar-refractivity contribution in [1.29, 1.82) is 0 Å². The van der Waals surface area contributed by atoms with Gasteiger partial charge in [-0.05, 0) is 20.3 Å². The van der Waals surface area contributed by atoms with Crippen LogP contribution in [0.5, 0.6) is 0 Å². The molecular weight excluding hydrogens is 192 g/mol. The minimum absolute atomic E-state index is 0. The van der Waals surface area contributed by atoms with Gasteiger partial charge in [0.25, 0.3) is 0 Å². The Labute approximate surface area is 89.1 Å². The van der Waals surface area contributed by atoms with Gasteiger partial charge in [0.2, 0.25) is 0 Å². The Hall–Kier alpha value is 0.144. The van der Waals surface area contributed by atoms with E-state index < -0.39 is 5.97 Å². The van der Waals surface area contributed by atoms with E-state index in [9.17, 15) is 4.79 Å². The molecule has 72 valence electrons. The van der Waals surface area contributed by atoms with Crippen molar-refractivity contribution in [2.24, 2.45) is 0 Å². The number of aliphatic hydroxyl groups is 1. The second kappa shape index (κ2) is 13.7. The number of unbranched alkanes of at least 4 members (excludes halogenated alkanes) is 1. The molecule has 0 aromatic heterocycles. The number of aliphatic hydroxyl groups excluding tert-OH is 1. The van der Waals surface area contributed by atoms with Crippen LogP contribution in [0, 0.1) is 0 Å². The topological polar surface area (TPSA) is 57.5 Å². The number of aliphatic carboxylic acids is 1. The smallest absolute Gasteiger partial charge is 0.303 e. The summed E-state index contributed by atoms with van der Waals surface area (Å²) in [6.07, 6.45) is 1.91. The molecule has 0 atom stereocenters. The van der Waals surface area contributed by atoms with E-state index in [2.05, 4.69) is 0 Å². The van der Waals surface area contributed by atoms with E-state index in [1.807, 2.05) is 6.92 Å². The molecule has 0 fully saturated rings. The number of hydrogen-bond donors (Lipinski definition) is 2. The summed E-state index contributed by atoms with van der Waals surface area (Å²) in [4.78, 5) is 9.76. The molecule has 0 spiro atoms. The Morgan fingerprint density at radius 1 is 1.42 bits per heavy atom. The van der Waals surface area contributed by atoms with Gasteiger partial charge in [-0.15, -0.1) is 0 Å². The summed E-state index contributed by atoms with van der Waals surface area (Å²) in [6, 6.07) is 0. The van der Waals surface area contributed by atoms with Gasteiger partial charge < -0.3 is 10.2 Å². The number of carbonyl (C=O) groups is 1. The summed E-state index contributed by atoms with van der Waals surface area (Å²) in [5.41, 5.74) is 0. The van der Waals surface area contributed by atoms with Gasteiger partial charge in [-0.2, -0.15) is 0 Å². The predicted molar refractivity (Wildman–Crippen MR) is 44.5 cm³/mol. The van der Waals surface area contributed by atoms with Crippen LogP contribution in [0.2, 0.25) is 0 Å². The standard InChI is InChI=1S/C5H10O2.C3H8O.Ti/c1-2-3-4-5(6)7;1-3(2)4;/h2-4H2,1H3,(H,6,7);3-4H,1-2H3;. The average Bonchev–Trinajstić information content (AvgIpc) is 1.82. The van der Waals surface area contributed by atoms with Gasteiger partial charge >= 0.3 is 5.97 Å². The van der Waals surface area contributed by atoms with Crippen molar-refractivity contribution in [2.45, 2.75) is 46.1 Å². The van der Waals surface area contributed by atoms with E-state index >= 15 is 0 Å². The zero-order valence-corrected chi connectivity index (χ0v) is 9.56. The fourth-order valence-electron chi connectivity index (χ4n) is 0.328. The SMILES string of the molecule is CC(C)O.CCCCC(=O)O.[Ti]. The molecule has 0 bridgehead atoms. The quantitative estimate of drug-likeness (QED) is 0.696. The summed E-state index contributed by atoms with van der Waals surface area (Å²) >= 11 is 0. The second-order valence-corrected chi connectivity index (χ2v) is 2.59. The Morgan fingerprint density at radius 2 is 1.75 bits per heavy atom. The molecule has 0 radical (unpaired) electrons. The normalized spacial score (nSPS) is 8.08. The molecular formula is C8H18O3Ti. The van der Waals surface area contributed by atoms with Crippen LogP contribution in [0.15, 0.2) is 0 Å². The molecule has 0 heterocycles. The van der Waals surface area contributed by atoms with Crippen LogP contribution in [-0.2, 0) is 26.5 Å². The van der Waals surface area contributed by atoms with Gasteiger partial charge in [-0.3, -0.25) is 4.79 Å². The summed E-state index contributed by atoms with van der Waals surface area (Å²) in [6.45, 7) is 5.42. The van der Waals surface area contributed by atoms with Crippen LogP contribution in [0.3, 0.4) is 0 Å². The zero-order chi connectivity index (χ0) is 9.28. The van der Waals surface area contributed by atoms with Crippen LogP contribution < -0.4 is 0 Å². The van der Waals surface area contributed by atoms with Crippen molar-refractivity contribution < 1.29 is 36.7 Å². The van der Waals surface area contributed by atoms with Crippen molar-refractivity contribution in [2.75, 3.05) is 0 Å². The van der Waals surface area contributed by atoms with Gasteiger partial charge in [0.15, 0.2) is 0 Å². The Bertz CT molecular complexity index is 91.5. The van der Waals surface area contributed by atoms with Gasteiger partial charge in [0.1, 0.15) is 0 Å². The predicted octanol–water partition coefficient (Wildman–Crippen LogP) is 1.65. The fourth-order valence-corrected chi connectivity index (χ4v) is 0.328. The van der Waals surface area contributed by atoms with E-state index in [0.717, 1.165) is 12.8 Å². The molecule has 12 heavy (non-hydrogen) atoms. The maximum atomic E-state index is 9.76. The summed E-state index contributed by atoms with van der Waals surface area (Å²) < 4.78 is 0. The first-order valence-corrected chi connectivity index (χ1v) is 3.90. The van der Waals surface area contributed by atoms with Crippen molar-refractivity contribution >= 4 is 5.97 Å². The maximum Gasteiger partial charge on any atom is 0.303 e. The van der Waals surface area contributed by atoms with E-state index in [-0.39, 0.29) is 27.8 Å². The van der Waals surface area contributed by atoms with E-state index in [4.69, 9.17) is 10.2 Å². The van der Waals surface area contributed by atoms with E-state index in [1.165, 1.54) is 0 Å². The average molecular weight is 210 g/mol. The number of carboxylic acids is 1. The van der Waals surface area contributed by atoms with Crippen LogP contribution in [-0.4, -0.2) is 22.3 Å². The minimum atomic E-state index is -0.693. The Morgan fingerprint density at radius 3 is 1.83 bits per heavy atom. The molecule has 0 aliphatic carbocycles. The van der Waals surface area contributed by atoms with Crippen LogP contribution >= 0.6 is 0 Å². The molecule has 0 amide bonds. The van der Waals surface area contributed by atoms with Crippen molar-refractivity contribution in [3.8, 4) is 0 Å². The summed E-state index contributed by atoms with van der Waals surface area (Å²) in [5.74, 6) is -0.693. The molecule has 0 rings (SSSR count). The number of hydrogen-bond acceptors (Lipinski definition) is 2. The molecule has 4 heteroatoms. The number of rotatable bonds is 3. The first-order chi connectivity index (χ1) is 5.00. The monoisotopic (exact) mass is 210 g/mol. The molecule has 2 N–H and O–H groups in total. The van der Waals surface area contributed by atoms with Crippen LogP contribution in [0.1, 0.15) is 40.0 Å². The minimum Gasteiger partial charge on any atom is -0.481 e. The first-order valence-electron chi connectivity index (χ1n) is 3.90. The van der Waals surface area contributed by atoms with E-state index in [0.29, 0.717) is 6.42 Å². The van der Waals surface area contributed by atoms with Crippen molar-refractivity contribution in [3.05, 3.63) is 0 Å². The van der Waals surface area contributed by atoms with Crippen molar-refractivity contribution in [3.63, 3.8) is 0 Å². The van der Waals surface area contributed by atoms with Gasteiger partial charge in [-0.1, -0.05) is 13.3 Å².